The van der Waals surface area contributed by atoms with Crippen LogP contribution in [0.15, 0.2) is 53.3 Å². The number of amides is 2. The van der Waals surface area contributed by atoms with Gasteiger partial charge in [0, 0.05) is 48.7 Å². The summed E-state index contributed by atoms with van der Waals surface area (Å²) in [6.07, 6.45) is 4.36. The topological polar surface area (TPSA) is 67.5 Å². The molecule has 0 bridgehead atoms. The molecule has 6 nitrogen and oxygen atoms in total. The molecule has 0 aliphatic heterocycles. The number of rotatable bonds is 5. The van der Waals surface area contributed by atoms with E-state index in [1.165, 1.54) is 0 Å². The average molecular weight is 351 g/mol. The van der Waals surface area contributed by atoms with E-state index in [4.69, 9.17) is 4.42 Å². The van der Waals surface area contributed by atoms with Gasteiger partial charge in [-0.3, -0.25) is 9.59 Å². The largest absolute Gasteiger partial charge is 0.469 e. The number of fused-ring (bicyclic) bond motifs is 1. The van der Waals surface area contributed by atoms with Crippen molar-refractivity contribution in [3.05, 3.63) is 54.6 Å². The van der Waals surface area contributed by atoms with Crippen LogP contribution in [0.1, 0.15) is 18.1 Å². The summed E-state index contributed by atoms with van der Waals surface area (Å²) < 4.78 is 7.30. The van der Waals surface area contributed by atoms with Gasteiger partial charge in [-0.05, 0) is 42.8 Å². The SMILES string of the molecule is CN(C)C(=O)Cn1ccc2cc(NC(=O)C3CC3c3ccco3)ccc21. The predicted molar refractivity (Wildman–Crippen MR) is 98.8 cm³/mol. The van der Waals surface area contributed by atoms with Gasteiger partial charge >= 0.3 is 0 Å². The molecule has 4 rings (SSSR count). The second-order valence-electron chi connectivity index (χ2n) is 6.96. The summed E-state index contributed by atoms with van der Waals surface area (Å²) in [5.74, 6) is 1.10. The molecule has 2 heterocycles. The monoisotopic (exact) mass is 351 g/mol. The zero-order valence-electron chi connectivity index (χ0n) is 14.8. The van der Waals surface area contributed by atoms with Gasteiger partial charge in [0.15, 0.2) is 0 Å². The van der Waals surface area contributed by atoms with Gasteiger partial charge in [-0.1, -0.05) is 0 Å². The summed E-state index contributed by atoms with van der Waals surface area (Å²) in [5.41, 5.74) is 1.74. The Balaban J connectivity index is 1.45. The van der Waals surface area contributed by atoms with Crippen LogP contribution in [0.2, 0.25) is 0 Å². The minimum Gasteiger partial charge on any atom is -0.469 e. The molecule has 2 atom stereocenters. The summed E-state index contributed by atoms with van der Waals surface area (Å²) in [5, 5.41) is 3.98. The van der Waals surface area contributed by atoms with Crippen LogP contribution >= 0.6 is 0 Å². The fourth-order valence-corrected chi connectivity index (χ4v) is 3.24. The Bertz CT molecular complexity index is 956. The van der Waals surface area contributed by atoms with Gasteiger partial charge in [0.05, 0.1) is 6.26 Å². The smallest absolute Gasteiger partial charge is 0.241 e. The van der Waals surface area contributed by atoms with E-state index in [-0.39, 0.29) is 23.7 Å². The summed E-state index contributed by atoms with van der Waals surface area (Å²) in [4.78, 5) is 25.9. The third kappa shape index (κ3) is 3.10. The summed E-state index contributed by atoms with van der Waals surface area (Å²) in [7, 11) is 3.49. The predicted octanol–water partition coefficient (Wildman–Crippen LogP) is 3.06. The van der Waals surface area contributed by atoms with Crippen LogP contribution in [-0.4, -0.2) is 35.4 Å². The molecule has 2 unspecified atom stereocenters. The lowest BCUT2D eigenvalue weighted by Crippen LogP contribution is -2.25. The molecule has 1 aromatic carbocycles. The molecule has 3 aromatic rings. The third-order valence-corrected chi connectivity index (χ3v) is 4.88. The lowest BCUT2D eigenvalue weighted by molar-refractivity contribution is -0.129. The number of aromatic nitrogens is 1. The van der Waals surface area contributed by atoms with E-state index in [1.54, 1.807) is 25.3 Å². The minimum absolute atomic E-state index is 0.0213. The van der Waals surface area contributed by atoms with Gasteiger partial charge in [-0.25, -0.2) is 0 Å². The van der Waals surface area contributed by atoms with E-state index in [0.717, 1.165) is 28.8 Å². The normalized spacial score (nSPS) is 18.7. The van der Waals surface area contributed by atoms with E-state index in [9.17, 15) is 9.59 Å². The number of furan rings is 1. The molecule has 2 amide bonds. The number of anilines is 1. The number of benzene rings is 1. The van der Waals surface area contributed by atoms with Crippen molar-refractivity contribution < 1.29 is 14.0 Å². The second kappa shape index (κ2) is 6.37. The molecular weight excluding hydrogens is 330 g/mol. The highest BCUT2D eigenvalue weighted by atomic mass is 16.3. The van der Waals surface area contributed by atoms with E-state index in [0.29, 0.717) is 6.54 Å². The Morgan fingerprint density at radius 2 is 2.12 bits per heavy atom. The number of carbonyl (C=O) groups is 2. The molecule has 0 spiro atoms. The fourth-order valence-electron chi connectivity index (χ4n) is 3.24. The van der Waals surface area contributed by atoms with Crippen molar-refractivity contribution in [2.24, 2.45) is 5.92 Å². The lowest BCUT2D eigenvalue weighted by Gasteiger charge is -2.12. The molecule has 1 aliphatic rings. The van der Waals surface area contributed by atoms with Gasteiger partial charge in [-0.2, -0.15) is 0 Å². The van der Waals surface area contributed by atoms with Crippen molar-refractivity contribution in [2.45, 2.75) is 18.9 Å². The van der Waals surface area contributed by atoms with Crippen molar-refractivity contribution in [3.8, 4) is 0 Å². The van der Waals surface area contributed by atoms with Crippen molar-refractivity contribution in [2.75, 3.05) is 19.4 Å². The first-order valence-corrected chi connectivity index (χ1v) is 8.66. The highest BCUT2D eigenvalue weighted by Gasteiger charge is 2.45. The van der Waals surface area contributed by atoms with E-state index in [2.05, 4.69) is 5.32 Å². The zero-order valence-corrected chi connectivity index (χ0v) is 14.8. The number of hydrogen-bond donors (Lipinski definition) is 1. The molecule has 0 saturated heterocycles. The minimum atomic E-state index is -0.0286. The van der Waals surface area contributed by atoms with Crippen molar-refractivity contribution >= 4 is 28.4 Å². The van der Waals surface area contributed by atoms with Crippen LogP contribution in [0.25, 0.3) is 10.9 Å². The number of hydrogen-bond acceptors (Lipinski definition) is 3. The highest BCUT2D eigenvalue weighted by molar-refractivity contribution is 5.97. The maximum Gasteiger partial charge on any atom is 0.241 e. The average Bonchev–Trinajstić information content (AvgIpc) is 3.05. The molecule has 2 aromatic heterocycles. The van der Waals surface area contributed by atoms with Gasteiger partial charge in [0.1, 0.15) is 12.3 Å². The van der Waals surface area contributed by atoms with Crippen LogP contribution in [0.3, 0.4) is 0 Å². The first kappa shape index (κ1) is 16.4. The summed E-state index contributed by atoms with van der Waals surface area (Å²) in [6.45, 7) is 0.301. The summed E-state index contributed by atoms with van der Waals surface area (Å²) in [6, 6.07) is 11.5. The van der Waals surface area contributed by atoms with E-state index < -0.39 is 0 Å². The van der Waals surface area contributed by atoms with Crippen LogP contribution in [0.5, 0.6) is 0 Å². The van der Waals surface area contributed by atoms with Crippen LogP contribution < -0.4 is 5.32 Å². The maximum atomic E-state index is 12.4. The first-order chi connectivity index (χ1) is 12.5. The van der Waals surface area contributed by atoms with E-state index in [1.807, 2.05) is 47.2 Å². The molecule has 134 valence electrons. The van der Waals surface area contributed by atoms with Gasteiger partial charge < -0.3 is 19.2 Å². The molecule has 1 saturated carbocycles. The molecular formula is C20H21N3O3. The maximum absolute atomic E-state index is 12.4. The standard InChI is InChI=1S/C20H21N3O3/c1-22(2)19(24)12-23-8-7-13-10-14(5-6-17(13)23)21-20(25)16-11-15(16)18-4-3-9-26-18/h3-10,15-16H,11-12H2,1-2H3,(H,21,25). The van der Waals surface area contributed by atoms with E-state index >= 15 is 0 Å². The lowest BCUT2D eigenvalue weighted by atomic mass is 10.2. The number of nitrogens with zero attached hydrogens (tertiary/aromatic N) is 2. The third-order valence-electron chi connectivity index (χ3n) is 4.88. The summed E-state index contributed by atoms with van der Waals surface area (Å²) >= 11 is 0. The Labute approximate surface area is 151 Å². The van der Waals surface area contributed by atoms with Crippen LogP contribution in [0, 0.1) is 5.92 Å². The number of likely N-dealkylation sites (N-methyl/N-ethyl adjacent to an activating group) is 1. The Kier molecular flexibility index (Phi) is 4.03. The fraction of sp³-hybridized carbons (Fsp3) is 0.300. The molecule has 6 heteroatoms. The first-order valence-electron chi connectivity index (χ1n) is 8.66. The highest BCUT2D eigenvalue weighted by Crippen LogP contribution is 2.48. The number of nitrogens with one attached hydrogen (secondary N) is 1. The van der Waals surface area contributed by atoms with Gasteiger partial charge in [0.25, 0.3) is 0 Å². The van der Waals surface area contributed by atoms with Crippen molar-refractivity contribution in [1.82, 2.24) is 9.47 Å². The number of carbonyl (C=O) groups excluding carboxylic acids is 2. The van der Waals surface area contributed by atoms with Gasteiger partial charge in [0.2, 0.25) is 11.8 Å². The molecule has 1 fully saturated rings. The van der Waals surface area contributed by atoms with Crippen LogP contribution in [-0.2, 0) is 16.1 Å². The molecule has 26 heavy (non-hydrogen) atoms. The van der Waals surface area contributed by atoms with Crippen molar-refractivity contribution in [3.63, 3.8) is 0 Å². The van der Waals surface area contributed by atoms with Gasteiger partial charge in [-0.15, -0.1) is 0 Å². The quantitative estimate of drug-likeness (QED) is 0.768. The zero-order chi connectivity index (χ0) is 18.3. The molecule has 1 N–H and O–H groups in total. The molecule has 0 radical (unpaired) electrons. The molecule has 1 aliphatic carbocycles. The Morgan fingerprint density at radius 3 is 2.85 bits per heavy atom. The second-order valence-corrected chi connectivity index (χ2v) is 6.96. The van der Waals surface area contributed by atoms with Crippen molar-refractivity contribution in [1.29, 1.82) is 0 Å². The Morgan fingerprint density at radius 1 is 1.27 bits per heavy atom. The Hall–Kier alpha value is -3.02. The van der Waals surface area contributed by atoms with Crippen LogP contribution in [0.4, 0.5) is 5.69 Å².